The minimum atomic E-state index is -0.218. The van der Waals surface area contributed by atoms with Gasteiger partial charge in [0.05, 0.1) is 26.0 Å². The van der Waals surface area contributed by atoms with Gasteiger partial charge in [0.2, 0.25) is 5.91 Å². The Balaban J connectivity index is 1.51. The van der Waals surface area contributed by atoms with Crippen LogP contribution in [0.2, 0.25) is 0 Å². The van der Waals surface area contributed by atoms with Crippen molar-refractivity contribution in [3.8, 4) is 11.5 Å². The smallest absolute Gasteiger partial charge is 0.241 e. The quantitative estimate of drug-likeness (QED) is 0.778. The lowest BCUT2D eigenvalue weighted by Gasteiger charge is -2.37. The van der Waals surface area contributed by atoms with Gasteiger partial charge in [-0.2, -0.15) is 0 Å². The van der Waals surface area contributed by atoms with E-state index in [9.17, 15) is 4.79 Å². The molecule has 1 N–H and O–H groups in total. The van der Waals surface area contributed by atoms with E-state index in [1.165, 1.54) is 0 Å². The van der Waals surface area contributed by atoms with Crippen LogP contribution in [0.25, 0.3) is 0 Å². The van der Waals surface area contributed by atoms with Crippen LogP contribution in [0.4, 0.5) is 5.69 Å². The number of hydrogen-bond acceptors (Lipinski definition) is 7. The normalized spacial score (nSPS) is 16.6. The van der Waals surface area contributed by atoms with Crippen LogP contribution in [0.15, 0.2) is 28.8 Å². The zero-order valence-electron chi connectivity index (χ0n) is 16.9. The molecule has 28 heavy (non-hydrogen) atoms. The molecule has 1 aromatic heterocycles. The van der Waals surface area contributed by atoms with Gasteiger partial charge in [-0.15, -0.1) is 0 Å². The molecule has 1 aliphatic rings. The van der Waals surface area contributed by atoms with Gasteiger partial charge < -0.3 is 19.3 Å². The van der Waals surface area contributed by atoms with Crippen molar-refractivity contribution in [1.29, 1.82) is 0 Å². The maximum absolute atomic E-state index is 12.7. The van der Waals surface area contributed by atoms with E-state index in [1.807, 2.05) is 26.0 Å². The number of benzene rings is 1. The SMILES string of the molecule is COc1ccc(NC(=O)C(C)N2CCN(Cc3cc(C)on3)CC2)cc1OC. The molecule has 1 atom stereocenters. The molecule has 0 radical (unpaired) electrons. The topological polar surface area (TPSA) is 80.1 Å². The lowest BCUT2D eigenvalue weighted by Crippen LogP contribution is -2.52. The number of carbonyl (C=O) groups is 1. The van der Waals surface area contributed by atoms with Crippen LogP contribution in [0.1, 0.15) is 18.4 Å². The highest BCUT2D eigenvalue weighted by Gasteiger charge is 2.26. The minimum absolute atomic E-state index is 0.0344. The van der Waals surface area contributed by atoms with Gasteiger partial charge in [-0.25, -0.2) is 0 Å². The Hall–Kier alpha value is -2.58. The summed E-state index contributed by atoms with van der Waals surface area (Å²) in [6, 6.07) is 7.10. The molecular weight excluding hydrogens is 360 g/mol. The highest BCUT2D eigenvalue weighted by atomic mass is 16.5. The second kappa shape index (κ2) is 9.07. The molecule has 1 aliphatic heterocycles. The molecular formula is C20H28N4O4. The summed E-state index contributed by atoms with van der Waals surface area (Å²) in [4.78, 5) is 17.2. The van der Waals surface area contributed by atoms with E-state index in [4.69, 9.17) is 14.0 Å². The molecule has 2 aromatic rings. The van der Waals surface area contributed by atoms with Crippen molar-refractivity contribution in [2.75, 3.05) is 45.7 Å². The minimum Gasteiger partial charge on any atom is -0.493 e. The number of amides is 1. The van der Waals surface area contributed by atoms with Crippen LogP contribution in [0.3, 0.4) is 0 Å². The van der Waals surface area contributed by atoms with E-state index < -0.39 is 0 Å². The fourth-order valence-electron chi connectivity index (χ4n) is 3.36. The molecule has 1 saturated heterocycles. The summed E-state index contributed by atoms with van der Waals surface area (Å²) in [5.74, 6) is 2.01. The van der Waals surface area contributed by atoms with Gasteiger partial charge in [-0.1, -0.05) is 5.16 Å². The van der Waals surface area contributed by atoms with E-state index in [0.717, 1.165) is 44.2 Å². The number of hydrogen-bond donors (Lipinski definition) is 1. The summed E-state index contributed by atoms with van der Waals surface area (Å²) >= 11 is 0. The number of aryl methyl sites for hydroxylation is 1. The largest absolute Gasteiger partial charge is 0.493 e. The molecule has 8 heteroatoms. The fourth-order valence-corrected chi connectivity index (χ4v) is 3.36. The number of rotatable bonds is 7. The third-order valence-electron chi connectivity index (χ3n) is 5.05. The van der Waals surface area contributed by atoms with Crippen molar-refractivity contribution in [1.82, 2.24) is 15.0 Å². The number of nitrogens with one attached hydrogen (secondary N) is 1. The van der Waals surface area contributed by atoms with Crippen molar-refractivity contribution < 1.29 is 18.8 Å². The van der Waals surface area contributed by atoms with Gasteiger partial charge in [0.25, 0.3) is 0 Å². The first-order valence-corrected chi connectivity index (χ1v) is 9.41. The average molecular weight is 388 g/mol. The fraction of sp³-hybridized carbons (Fsp3) is 0.500. The van der Waals surface area contributed by atoms with Crippen molar-refractivity contribution in [2.24, 2.45) is 0 Å². The first-order valence-electron chi connectivity index (χ1n) is 9.41. The number of aromatic nitrogens is 1. The standard InChI is InChI=1S/C20H28N4O4/c1-14-11-17(22-28-14)13-23-7-9-24(10-8-23)15(2)20(25)21-16-5-6-18(26-3)19(12-16)27-4/h5-6,11-12,15H,7-10,13H2,1-4H3,(H,21,25). The first kappa shape index (κ1) is 20.2. The van der Waals surface area contributed by atoms with E-state index in [-0.39, 0.29) is 11.9 Å². The van der Waals surface area contributed by atoms with Crippen LogP contribution in [0, 0.1) is 6.92 Å². The van der Waals surface area contributed by atoms with Gasteiger partial charge in [0, 0.05) is 50.5 Å². The maximum Gasteiger partial charge on any atom is 0.241 e. The Morgan fingerprint density at radius 3 is 2.50 bits per heavy atom. The Morgan fingerprint density at radius 1 is 1.18 bits per heavy atom. The van der Waals surface area contributed by atoms with Crippen molar-refractivity contribution in [2.45, 2.75) is 26.4 Å². The Labute approximate surface area is 165 Å². The number of ether oxygens (including phenoxy) is 2. The van der Waals surface area contributed by atoms with Gasteiger partial charge in [0.1, 0.15) is 5.76 Å². The third kappa shape index (κ3) is 4.82. The van der Waals surface area contributed by atoms with Crippen molar-refractivity contribution in [3.63, 3.8) is 0 Å². The maximum atomic E-state index is 12.7. The zero-order valence-corrected chi connectivity index (χ0v) is 16.9. The van der Waals surface area contributed by atoms with Crippen LogP contribution in [-0.4, -0.2) is 67.3 Å². The molecule has 1 amide bonds. The number of nitrogens with zero attached hydrogens (tertiary/aromatic N) is 3. The summed E-state index contributed by atoms with van der Waals surface area (Å²) in [7, 11) is 3.16. The van der Waals surface area contributed by atoms with Gasteiger partial charge in [-0.3, -0.25) is 14.6 Å². The average Bonchev–Trinajstić information content (AvgIpc) is 3.12. The summed E-state index contributed by atoms with van der Waals surface area (Å²) in [5.41, 5.74) is 1.64. The summed E-state index contributed by atoms with van der Waals surface area (Å²) < 4.78 is 15.7. The summed E-state index contributed by atoms with van der Waals surface area (Å²) in [6.45, 7) is 8.05. The monoisotopic (exact) mass is 388 g/mol. The van der Waals surface area contributed by atoms with E-state index in [2.05, 4.69) is 20.3 Å². The number of anilines is 1. The molecule has 0 aliphatic carbocycles. The second-order valence-electron chi connectivity index (χ2n) is 6.98. The second-order valence-corrected chi connectivity index (χ2v) is 6.98. The van der Waals surface area contributed by atoms with Crippen LogP contribution in [-0.2, 0) is 11.3 Å². The Kier molecular flexibility index (Phi) is 6.53. The molecule has 8 nitrogen and oxygen atoms in total. The van der Waals surface area contributed by atoms with Crippen LogP contribution in [0.5, 0.6) is 11.5 Å². The van der Waals surface area contributed by atoms with Crippen molar-refractivity contribution >= 4 is 11.6 Å². The molecule has 0 bridgehead atoms. The highest BCUT2D eigenvalue weighted by molar-refractivity contribution is 5.94. The van der Waals surface area contributed by atoms with Gasteiger partial charge in [-0.05, 0) is 26.0 Å². The lowest BCUT2D eigenvalue weighted by atomic mass is 10.2. The van der Waals surface area contributed by atoms with Crippen LogP contribution >= 0.6 is 0 Å². The Bertz CT molecular complexity index is 799. The van der Waals surface area contributed by atoms with E-state index in [0.29, 0.717) is 17.2 Å². The number of carbonyl (C=O) groups excluding carboxylic acids is 1. The molecule has 1 unspecified atom stereocenters. The predicted molar refractivity (Wildman–Crippen MR) is 106 cm³/mol. The molecule has 1 aromatic carbocycles. The molecule has 3 rings (SSSR count). The van der Waals surface area contributed by atoms with E-state index >= 15 is 0 Å². The lowest BCUT2D eigenvalue weighted by molar-refractivity contribution is -0.121. The predicted octanol–water partition coefficient (Wildman–Crippen LogP) is 2.15. The van der Waals surface area contributed by atoms with E-state index in [1.54, 1.807) is 26.4 Å². The number of methoxy groups -OCH3 is 2. The molecule has 0 spiro atoms. The van der Waals surface area contributed by atoms with Gasteiger partial charge in [0.15, 0.2) is 11.5 Å². The number of piperazine rings is 1. The molecule has 2 heterocycles. The summed E-state index contributed by atoms with van der Waals surface area (Å²) in [5, 5.41) is 7.02. The van der Waals surface area contributed by atoms with Crippen molar-refractivity contribution in [3.05, 3.63) is 35.7 Å². The molecule has 152 valence electrons. The summed E-state index contributed by atoms with van der Waals surface area (Å²) in [6.07, 6.45) is 0. The molecule has 1 fully saturated rings. The first-order chi connectivity index (χ1) is 13.5. The van der Waals surface area contributed by atoms with Gasteiger partial charge >= 0.3 is 0 Å². The van der Waals surface area contributed by atoms with Crippen LogP contribution < -0.4 is 14.8 Å². The zero-order chi connectivity index (χ0) is 20.1. The highest BCUT2D eigenvalue weighted by Crippen LogP contribution is 2.29. The molecule has 0 saturated carbocycles. The Morgan fingerprint density at radius 2 is 1.89 bits per heavy atom. The third-order valence-corrected chi connectivity index (χ3v) is 5.05.